The molecule has 1 amide bonds. The van der Waals surface area contributed by atoms with Gasteiger partial charge in [0.1, 0.15) is 47.2 Å². The van der Waals surface area contributed by atoms with E-state index in [4.69, 9.17) is 14.2 Å². The molecule has 0 radical (unpaired) electrons. The molecule has 1 aliphatic carbocycles. The van der Waals surface area contributed by atoms with Crippen molar-refractivity contribution in [3.05, 3.63) is 59.4 Å². The van der Waals surface area contributed by atoms with E-state index in [0.29, 0.717) is 25.7 Å². The van der Waals surface area contributed by atoms with E-state index in [1.165, 1.54) is 17.0 Å². The topological polar surface area (TPSA) is 109 Å². The Labute approximate surface area is 234 Å². The van der Waals surface area contributed by atoms with Crippen molar-refractivity contribution in [3.63, 3.8) is 0 Å². The van der Waals surface area contributed by atoms with Gasteiger partial charge in [-0.1, -0.05) is 37.3 Å². The van der Waals surface area contributed by atoms with Crippen molar-refractivity contribution >= 4 is 12.1 Å². The Morgan fingerprint density at radius 2 is 1.88 bits per heavy atom. The molecule has 2 fully saturated rings. The lowest BCUT2D eigenvalue weighted by Crippen LogP contribution is -2.61. The number of likely N-dealkylation sites (tertiary alicyclic amines) is 1. The number of ether oxygens (including phenoxy) is 3. The number of carboxylic acid groups (broad SMARTS) is 1. The number of nitriles is 1. The minimum atomic E-state index is -1.07. The number of halogens is 1. The number of fused-ring (bicyclic) bond motifs is 1. The van der Waals surface area contributed by atoms with E-state index in [2.05, 4.69) is 0 Å². The highest BCUT2D eigenvalue weighted by atomic mass is 19.1. The van der Waals surface area contributed by atoms with Crippen LogP contribution in [-0.4, -0.2) is 45.9 Å². The summed E-state index contributed by atoms with van der Waals surface area (Å²) >= 11 is 0. The van der Waals surface area contributed by atoms with E-state index < -0.39 is 29.5 Å². The first-order valence-corrected chi connectivity index (χ1v) is 13.8. The maximum Gasteiger partial charge on any atom is 0.411 e. The minimum Gasteiger partial charge on any atom is -0.489 e. The van der Waals surface area contributed by atoms with Crippen LogP contribution in [0, 0.1) is 29.0 Å². The second-order valence-electron chi connectivity index (χ2n) is 11.6. The molecule has 5 atom stereocenters. The standard InChI is InChI=1S/C31H37FN2O6/c1-5-26-23-12-11-21(13-20(23)14-27(29(35)36)34(26)30(37)40-31(2,3)4)39-28-16-22(15-25(32)24(28)17-33)38-18-19-9-7-6-8-10-19/h6-10,15-16,20-21,23,26-27H,5,11-14,18H2,1-4H3,(H,35,36)/t20-,21+,23-,26?,27+/m1/s1. The number of nitrogens with zero attached hydrogens (tertiary/aromatic N) is 2. The number of carbonyl (C=O) groups excluding carboxylic acids is 1. The Hall–Kier alpha value is -3.80. The molecule has 1 unspecified atom stereocenters. The first-order valence-electron chi connectivity index (χ1n) is 13.8. The lowest BCUT2D eigenvalue weighted by atomic mass is 9.67. The summed E-state index contributed by atoms with van der Waals surface area (Å²) in [6.45, 7) is 7.47. The van der Waals surface area contributed by atoms with Gasteiger partial charge in [-0.3, -0.25) is 4.90 Å². The zero-order valence-corrected chi connectivity index (χ0v) is 23.4. The van der Waals surface area contributed by atoms with Crippen LogP contribution >= 0.6 is 0 Å². The number of benzene rings is 2. The Bertz CT molecular complexity index is 1250. The van der Waals surface area contributed by atoms with Crippen LogP contribution in [0.25, 0.3) is 0 Å². The van der Waals surface area contributed by atoms with Gasteiger partial charge in [0.2, 0.25) is 0 Å². The van der Waals surface area contributed by atoms with E-state index in [1.54, 1.807) is 20.8 Å². The van der Waals surface area contributed by atoms with Crippen LogP contribution in [0.1, 0.15) is 70.9 Å². The zero-order chi connectivity index (χ0) is 29.0. The highest BCUT2D eigenvalue weighted by Crippen LogP contribution is 2.45. The third kappa shape index (κ3) is 6.67. The molecule has 0 aromatic heterocycles. The molecule has 1 aliphatic heterocycles. The predicted octanol–water partition coefficient (Wildman–Crippen LogP) is 6.31. The van der Waals surface area contributed by atoms with Gasteiger partial charge in [0.05, 0.1) is 6.10 Å². The monoisotopic (exact) mass is 552 g/mol. The molecule has 1 N–H and O–H groups in total. The quantitative estimate of drug-likeness (QED) is 0.429. The van der Waals surface area contributed by atoms with Crippen LogP contribution in [0.3, 0.4) is 0 Å². The van der Waals surface area contributed by atoms with Gasteiger partial charge in [-0.2, -0.15) is 5.26 Å². The molecule has 214 valence electrons. The van der Waals surface area contributed by atoms with Gasteiger partial charge in [-0.05, 0) is 70.3 Å². The molecule has 40 heavy (non-hydrogen) atoms. The van der Waals surface area contributed by atoms with Crippen LogP contribution < -0.4 is 9.47 Å². The summed E-state index contributed by atoms with van der Waals surface area (Å²) in [5.41, 5.74) is -0.0126. The van der Waals surface area contributed by atoms with Crippen LogP contribution in [0.2, 0.25) is 0 Å². The van der Waals surface area contributed by atoms with Crippen LogP contribution in [0.15, 0.2) is 42.5 Å². The van der Waals surface area contributed by atoms with Gasteiger partial charge < -0.3 is 19.3 Å². The number of carbonyl (C=O) groups is 2. The van der Waals surface area contributed by atoms with Crippen LogP contribution in [0.4, 0.5) is 9.18 Å². The van der Waals surface area contributed by atoms with E-state index in [1.807, 2.05) is 43.3 Å². The van der Waals surface area contributed by atoms with Crippen molar-refractivity contribution in [2.45, 2.75) is 90.2 Å². The highest BCUT2D eigenvalue weighted by molar-refractivity contribution is 5.81. The molecule has 2 aromatic rings. The molecular formula is C31H37FN2O6. The highest BCUT2D eigenvalue weighted by Gasteiger charge is 2.50. The predicted molar refractivity (Wildman–Crippen MR) is 145 cm³/mol. The van der Waals surface area contributed by atoms with Crippen molar-refractivity contribution in [3.8, 4) is 17.6 Å². The number of hydrogen-bond donors (Lipinski definition) is 1. The summed E-state index contributed by atoms with van der Waals surface area (Å²) < 4.78 is 32.4. The number of hydrogen-bond acceptors (Lipinski definition) is 6. The Kier molecular flexibility index (Phi) is 8.87. The van der Waals surface area contributed by atoms with E-state index in [0.717, 1.165) is 5.56 Å². The summed E-state index contributed by atoms with van der Waals surface area (Å²) in [6.07, 6.45) is 1.79. The van der Waals surface area contributed by atoms with Crippen molar-refractivity contribution < 1.29 is 33.3 Å². The Morgan fingerprint density at radius 1 is 1.15 bits per heavy atom. The normalized spacial score (nSPS) is 24.4. The summed E-state index contributed by atoms with van der Waals surface area (Å²) in [5, 5.41) is 19.7. The van der Waals surface area contributed by atoms with Crippen molar-refractivity contribution in [2.75, 3.05) is 0 Å². The van der Waals surface area contributed by atoms with Gasteiger partial charge in [0.25, 0.3) is 0 Å². The fourth-order valence-corrected chi connectivity index (χ4v) is 6.03. The first kappa shape index (κ1) is 29.2. The van der Waals surface area contributed by atoms with Crippen molar-refractivity contribution in [2.24, 2.45) is 11.8 Å². The second-order valence-corrected chi connectivity index (χ2v) is 11.6. The lowest BCUT2D eigenvalue weighted by molar-refractivity contribution is -0.150. The molecule has 2 aliphatic rings. The number of aliphatic carboxylic acids is 1. The fourth-order valence-electron chi connectivity index (χ4n) is 6.03. The second kappa shape index (κ2) is 12.2. The summed E-state index contributed by atoms with van der Waals surface area (Å²) in [5.74, 6) is -1.35. The van der Waals surface area contributed by atoms with Crippen LogP contribution in [-0.2, 0) is 16.1 Å². The molecule has 1 saturated carbocycles. The number of piperidine rings is 1. The van der Waals surface area contributed by atoms with Crippen LogP contribution in [0.5, 0.6) is 11.5 Å². The third-order valence-corrected chi connectivity index (χ3v) is 7.70. The Balaban J connectivity index is 1.51. The maximum atomic E-state index is 14.8. The van der Waals surface area contributed by atoms with Crippen molar-refractivity contribution in [1.29, 1.82) is 5.26 Å². The molecule has 0 spiro atoms. The summed E-state index contributed by atoms with van der Waals surface area (Å²) in [7, 11) is 0. The van der Waals surface area contributed by atoms with Gasteiger partial charge in [-0.25, -0.2) is 14.0 Å². The van der Waals surface area contributed by atoms with E-state index in [-0.39, 0.29) is 54.1 Å². The number of amides is 1. The molecule has 1 heterocycles. The molecule has 1 saturated heterocycles. The van der Waals surface area contributed by atoms with E-state index >= 15 is 0 Å². The molecular weight excluding hydrogens is 515 g/mol. The van der Waals surface area contributed by atoms with Gasteiger partial charge in [-0.15, -0.1) is 0 Å². The van der Waals surface area contributed by atoms with Gasteiger partial charge in [0, 0.05) is 18.2 Å². The maximum absolute atomic E-state index is 14.8. The van der Waals surface area contributed by atoms with Gasteiger partial charge >= 0.3 is 12.1 Å². The largest absolute Gasteiger partial charge is 0.489 e. The zero-order valence-electron chi connectivity index (χ0n) is 23.4. The number of carboxylic acids is 1. The molecule has 9 heteroatoms. The Morgan fingerprint density at radius 3 is 2.50 bits per heavy atom. The average Bonchev–Trinajstić information content (AvgIpc) is 2.90. The van der Waals surface area contributed by atoms with E-state index in [9.17, 15) is 24.3 Å². The molecule has 2 aromatic carbocycles. The number of rotatable bonds is 7. The summed E-state index contributed by atoms with van der Waals surface area (Å²) in [4.78, 5) is 26.8. The third-order valence-electron chi connectivity index (χ3n) is 7.70. The molecule has 0 bridgehead atoms. The fraction of sp³-hybridized carbons (Fsp3) is 0.516. The van der Waals surface area contributed by atoms with Gasteiger partial charge in [0.15, 0.2) is 0 Å². The SMILES string of the molecule is CCC1[C@@H]2CC[C@H](Oc3cc(OCc4ccccc4)cc(F)c3C#N)C[C@@H]2C[C@@H](C(=O)O)N1C(=O)OC(C)(C)C. The smallest absolute Gasteiger partial charge is 0.411 e. The average molecular weight is 553 g/mol. The minimum absolute atomic E-state index is 0.0172. The first-order chi connectivity index (χ1) is 19.0. The molecule has 4 rings (SSSR count). The lowest BCUT2D eigenvalue weighted by Gasteiger charge is -2.51. The summed E-state index contributed by atoms with van der Waals surface area (Å²) in [6, 6.07) is 12.8. The van der Waals surface area contributed by atoms with Crippen molar-refractivity contribution in [1.82, 2.24) is 4.90 Å². The molecule has 8 nitrogen and oxygen atoms in total.